The first-order chi connectivity index (χ1) is 4.09. The summed E-state index contributed by atoms with van der Waals surface area (Å²) in [6.45, 7) is 0. The van der Waals surface area contributed by atoms with Gasteiger partial charge >= 0.3 is 0 Å². The Morgan fingerprint density at radius 3 is 1.89 bits per heavy atom. The zero-order valence-electron chi connectivity index (χ0n) is 6.39. The van der Waals surface area contributed by atoms with E-state index >= 15 is 0 Å². The first-order valence-corrected chi connectivity index (χ1v) is 2.74. The van der Waals surface area contributed by atoms with Crippen LogP contribution in [0.2, 0.25) is 0 Å². The lowest BCUT2D eigenvalue weighted by Gasteiger charge is -2.13. The van der Waals surface area contributed by atoms with E-state index < -0.39 is 0 Å². The summed E-state index contributed by atoms with van der Waals surface area (Å²) in [6.07, 6.45) is 6.85. The zero-order valence-corrected chi connectivity index (χ0v) is 6.39. The molecule has 0 aromatic heterocycles. The number of hydrogen-bond acceptors (Lipinski definition) is 0. The van der Waals surface area contributed by atoms with Gasteiger partial charge in [-0.2, -0.15) is 0 Å². The minimum Gasteiger partial charge on any atom is -0.359 e. The maximum absolute atomic E-state index is 6.85. The average molecular weight is 124 g/mol. The summed E-state index contributed by atoms with van der Waals surface area (Å²) in [7, 11) is 7.54. The Balaban J connectivity index is 4.41. The van der Waals surface area contributed by atoms with Crippen LogP contribution in [-0.2, 0) is 0 Å². The lowest BCUT2D eigenvalue weighted by molar-refractivity contribution is -0.468. The van der Waals surface area contributed by atoms with Gasteiger partial charge in [0.15, 0.2) is 5.84 Å². The van der Waals surface area contributed by atoms with E-state index in [2.05, 4.69) is 5.92 Å². The highest BCUT2D eigenvalue weighted by atomic mass is 15.2. The van der Waals surface area contributed by atoms with E-state index in [1.54, 1.807) is 0 Å². The topological polar surface area (TPSA) is 6.25 Å². The predicted molar refractivity (Wildman–Crippen MR) is 37.9 cm³/mol. The Hall–Kier alpha value is -0.970. The summed E-state index contributed by atoms with van der Waals surface area (Å²) < 4.78 is 1.84. The minimum atomic E-state index is 0.773. The van der Waals surface area contributed by atoms with Crippen molar-refractivity contribution in [3.8, 4) is 5.92 Å². The second-order valence-electron chi connectivity index (χ2n) is 2.24. The summed E-state index contributed by atoms with van der Waals surface area (Å²) in [5, 5.41) is 0. The second kappa shape index (κ2) is 3.13. The van der Waals surface area contributed by atoms with Gasteiger partial charge in [0, 0.05) is 0 Å². The van der Waals surface area contributed by atoms with Gasteiger partial charge in [0.2, 0.25) is 0 Å². The van der Waals surface area contributed by atoms with Gasteiger partial charge in [-0.1, -0.05) is 0 Å². The molecule has 0 saturated carbocycles. The van der Waals surface area contributed by atoms with Gasteiger partial charge in [-0.25, -0.2) is 5.92 Å². The molecule has 0 rings (SSSR count). The fraction of sp³-hybridized carbons (Fsp3) is 0.571. The molecule has 9 heavy (non-hydrogen) atoms. The van der Waals surface area contributed by atoms with E-state index in [9.17, 15) is 0 Å². The zero-order chi connectivity index (χ0) is 7.44. The average Bonchev–Trinajstić information content (AvgIpc) is 1.64. The van der Waals surface area contributed by atoms with E-state index in [0.29, 0.717) is 0 Å². The van der Waals surface area contributed by atoms with Crippen LogP contribution in [0.15, 0.2) is 0 Å². The summed E-state index contributed by atoms with van der Waals surface area (Å²) >= 11 is 0. The smallest absolute Gasteiger partial charge is 0.171 e. The molecule has 0 saturated heterocycles. The molecule has 0 N–H and O–H groups in total. The Morgan fingerprint density at radius 1 is 1.44 bits per heavy atom. The summed E-state index contributed by atoms with van der Waals surface area (Å²) in [4.78, 5) is 1.84. The molecule has 0 heterocycles. The Bertz CT molecular complexity index is 156. The van der Waals surface area contributed by atoms with Crippen molar-refractivity contribution in [2.24, 2.45) is 0 Å². The fourth-order valence-electron chi connectivity index (χ4n) is 0.624. The maximum Gasteiger partial charge on any atom is 0.171 e. The van der Waals surface area contributed by atoms with Crippen LogP contribution in [-0.4, -0.2) is 43.5 Å². The second-order valence-corrected chi connectivity index (χ2v) is 2.24. The van der Waals surface area contributed by atoms with Crippen LogP contribution in [0.25, 0.3) is 0 Å². The molecule has 50 valence electrons. The lowest BCUT2D eigenvalue weighted by Crippen LogP contribution is -2.27. The van der Waals surface area contributed by atoms with Gasteiger partial charge < -0.3 is 15.9 Å². The molecule has 0 aliphatic rings. The van der Waals surface area contributed by atoms with Crippen LogP contribution < -0.4 is 0 Å². The maximum atomic E-state index is 6.85. The fourth-order valence-corrected chi connectivity index (χ4v) is 0.624. The molecule has 0 aromatic rings. The van der Waals surface area contributed by atoms with Crippen molar-refractivity contribution >= 4 is 5.84 Å². The van der Waals surface area contributed by atoms with Crippen molar-refractivity contribution in [3.63, 3.8) is 0 Å². The van der Waals surface area contributed by atoms with E-state index in [1.165, 1.54) is 0 Å². The van der Waals surface area contributed by atoms with Crippen molar-refractivity contribution in [1.82, 2.24) is 4.90 Å². The third kappa shape index (κ3) is 2.18. The SMILES string of the molecule is [C-]#CC(N(C)C)=[N+](C)C. The van der Waals surface area contributed by atoms with Crippen LogP contribution >= 0.6 is 0 Å². The standard InChI is InChI=1S/C7H12N2/c1-6-7(8(2)3)9(4)5/h2-5H3. The van der Waals surface area contributed by atoms with E-state index in [0.717, 1.165) is 5.84 Å². The monoisotopic (exact) mass is 124 g/mol. The molecule has 2 nitrogen and oxygen atoms in total. The molecular formula is C7H12N2. The van der Waals surface area contributed by atoms with Gasteiger partial charge in [0.1, 0.15) is 0 Å². The molecule has 0 amide bonds. The third-order valence-corrected chi connectivity index (χ3v) is 0.959. The Kier molecular flexibility index (Phi) is 2.80. The summed E-state index contributed by atoms with van der Waals surface area (Å²) in [6, 6.07) is 0. The van der Waals surface area contributed by atoms with Gasteiger partial charge in [0.25, 0.3) is 0 Å². The van der Waals surface area contributed by atoms with E-state index in [4.69, 9.17) is 6.42 Å². The Morgan fingerprint density at radius 2 is 1.89 bits per heavy atom. The van der Waals surface area contributed by atoms with Gasteiger partial charge in [-0.3, -0.25) is 0 Å². The molecule has 2 heteroatoms. The number of amidine groups is 1. The number of rotatable bonds is 0. The molecule has 0 aromatic carbocycles. The quantitative estimate of drug-likeness (QED) is 0.143. The summed E-state index contributed by atoms with van der Waals surface area (Å²) in [5.41, 5.74) is 0. The third-order valence-electron chi connectivity index (χ3n) is 0.959. The van der Waals surface area contributed by atoms with Gasteiger partial charge in [0.05, 0.1) is 28.2 Å². The van der Waals surface area contributed by atoms with Crippen molar-refractivity contribution in [2.75, 3.05) is 28.2 Å². The first-order valence-electron chi connectivity index (χ1n) is 2.74. The highest BCUT2D eigenvalue weighted by molar-refractivity contribution is 5.92. The van der Waals surface area contributed by atoms with Crippen LogP contribution in [0.1, 0.15) is 0 Å². The summed E-state index contributed by atoms with van der Waals surface area (Å²) in [5.74, 6) is 3.09. The van der Waals surface area contributed by atoms with Crippen molar-refractivity contribution in [1.29, 1.82) is 0 Å². The lowest BCUT2D eigenvalue weighted by atomic mass is 10.5. The number of nitrogens with zero attached hydrogens (tertiary/aromatic N) is 2. The molecule has 0 atom stereocenters. The molecule has 0 bridgehead atoms. The Labute approximate surface area is 56.8 Å². The highest BCUT2D eigenvalue weighted by Gasteiger charge is 1.93. The van der Waals surface area contributed by atoms with Crippen molar-refractivity contribution < 1.29 is 4.58 Å². The van der Waals surface area contributed by atoms with Crippen LogP contribution in [0, 0.1) is 12.3 Å². The predicted octanol–water partition coefficient (Wildman–Crippen LogP) is -0.192. The molecule has 0 radical (unpaired) electrons. The van der Waals surface area contributed by atoms with Crippen LogP contribution in [0.4, 0.5) is 0 Å². The minimum absolute atomic E-state index is 0.773. The molecule has 0 spiro atoms. The molecule has 0 unspecified atom stereocenters. The van der Waals surface area contributed by atoms with Crippen molar-refractivity contribution in [3.05, 3.63) is 6.42 Å². The van der Waals surface area contributed by atoms with Gasteiger partial charge in [-0.05, 0) is 0 Å². The van der Waals surface area contributed by atoms with E-state index in [-0.39, 0.29) is 0 Å². The van der Waals surface area contributed by atoms with Crippen LogP contribution in [0.5, 0.6) is 0 Å². The largest absolute Gasteiger partial charge is 0.359 e. The first kappa shape index (κ1) is 8.03. The number of hydrogen-bond donors (Lipinski definition) is 0. The molecular weight excluding hydrogens is 112 g/mol. The van der Waals surface area contributed by atoms with Crippen LogP contribution in [0.3, 0.4) is 0 Å². The molecule has 0 aliphatic carbocycles. The van der Waals surface area contributed by atoms with Gasteiger partial charge in [-0.15, -0.1) is 0 Å². The molecule has 0 aliphatic heterocycles. The van der Waals surface area contributed by atoms with E-state index in [1.807, 2.05) is 37.7 Å². The van der Waals surface area contributed by atoms with Crippen molar-refractivity contribution in [2.45, 2.75) is 0 Å². The molecule has 0 fully saturated rings. The highest BCUT2D eigenvalue weighted by Crippen LogP contribution is 1.77. The normalized spacial score (nSPS) is 7.89.